The molecule has 2 fully saturated rings. The number of amides is 2. The molecule has 0 aliphatic carbocycles. The molecule has 9 nitrogen and oxygen atoms in total. The van der Waals surface area contributed by atoms with Crippen molar-refractivity contribution in [2.45, 2.75) is 65.4 Å². The largest absolute Gasteiger partial charge is 0.444 e. The summed E-state index contributed by atoms with van der Waals surface area (Å²) in [5.41, 5.74) is 4.33. The van der Waals surface area contributed by atoms with Crippen LogP contribution in [0.2, 0.25) is 0 Å². The van der Waals surface area contributed by atoms with Crippen LogP contribution in [0.3, 0.4) is 0 Å². The highest BCUT2D eigenvalue weighted by Gasteiger charge is 2.32. The van der Waals surface area contributed by atoms with Crippen LogP contribution in [0.5, 0.6) is 0 Å². The zero-order valence-electron chi connectivity index (χ0n) is 24.6. The minimum absolute atomic E-state index is 0.0750. The molecule has 0 bridgehead atoms. The first-order chi connectivity index (χ1) is 18.5. The molecule has 214 valence electrons. The van der Waals surface area contributed by atoms with Crippen LogP contribution in [0, 0.1) is 13.8 Å². The van der Waals surface area contributed by atoms with Crippen molar-refractivity contribution in [3.63, 3.8) is 0 Å². The molecule has 0 unspecified atom stereocenters. The zero-order chi connectivity index (χ0) is 28.2. The van der Waals surface area contributed by atoms with Gasteiger partial charge in [0.15, 0.2) is 0 Å². The van der Waals surface area contributed by atoms with E-state index >= 15 is 0 Å². The molecule has 3 heterocycles. The van der Waals surface area contributed by atoms with Crippen molar-refractivity contribution in [1.82, 2.24) is 29.8 Å². The molecule has 1 aromatic carbocycles. The maximum Gasteiger partial charge on any atom is 0.410 e. The Morgan fingerprint density at radius 3 is 2.38 bits per heavy atom. The van der Waals surface area contributed by atoms with Crippen LogP contribution in [0.15, 0.2) is 24.4 Å². The van der Waals surface area contributed by atoms with E-state index < -0.39 is 5.60 Å². The number of carbonyl (C=O) groups excluding carboxylic acids is 2. The summed E-state index contributed by atoms with van der Waals surface area (Å²) in [7, 11) is 2.16. The maximum absolute atomic E-state index is 13.4. The van der Waals surface area contributed by atoms with Gasteiger partial charge in [-0.25, -0.2) is 9.48 Å². The lowest BCUT2D eigenvalue weighted by molar-refractivity contribution is 0.0203. The fraction of sp³-hybridized carbons (Fsp3) is 0.633. The smallest absolute Gasteiger partial charge is 0.410 e. The van der Waals surface area contributed by atoms with E-state index in [1.54, 1.807) is 11.1 Å². The number of likely N-dealkylation sites (N-methyl/N-ethyl adjacent to an activating group) is 1. The fourth-order valence-corrected chi connectivity index (χ4v) is 5.49. The fourth-order valence-electron chi connectivity index (χ4n) is 5.49. The van der Waals surface area contributed by atoms with Crippen LogP contribution in [-0.2, 0) is 4.74 Å². The highest BCUT2D eigenvalue weighted by Crippen LogP contribution is 2.33. The molecule has 2 aliphatic rings. The molecule has 39 heavy (non-hydrogen) atoms. The van der Waals surface area contributed by atoms with E-state index in [-0.39, 0.29) is 17.9 Å². The number of nitrogens with zero attached hydrogens (tertiary/aromatic N) is 5. The van der Waals surface area contributed by atoms with Crippen molar-refractivity contribution in [1.29, 1.82) is 0 Å². The third-order valence-corrected chi connectivity index (χ3v) is 7.70. The van der Waals surface area contributed by atoms with Gasteiger partial charge in [0.25, 0.3) is 5.91 Å². The number of ether oxygens (including phenoxy) is 1. The Kier molecular flexibility index (Phi) is 9.33. The normalized spacial score (nSPS) is 17.8. The molecule has 0 radical (unpaired) electrons. The van der Waals surface area contributed by atoms with E-state index in [2.05, 4.69) is 54.2 Å². The number of aromatic nitrogens is 2. The van der Waals surface area contributed by atoms with E-state index in [4.69, 9.17) is 9.84 Å². The number of rotatable bonds is 7. The average Bonchev–Trinajstić information content (AvgIpc) is 3.31. The number of hydrogen-bond donors (Lipinski definition) is 1. The van der Waals surface area contributed by atoms with Crippen molar-refractivity contribution in [3.8, 4) is 5.69 Å². The molecule has 9 heteroatoms. The SMILES string of the molecule is Cc1ccc(-n2ncc(C(=O)NCCCN3CCN(C)CC3)c2C2CCN(C(=O)OC(C)(C)C)CC2)c(C)c1. The number of benzene rings is 1. The third-order valence-electron chi connectivity index (χ3n) is 7.70. The van der Waals surface area contributed by atoms with Gasteiger partial charge in [-0.15, -0.1) is 0 Å². The number of piperidine rings is 1. The summed E-state index contributed by atoms with van der Waals surface area (Å²) in [4.78, 5) is 32.7. The number of carbonyl (C=O) groups is 2. The summed E-state index contributed by atoms with van der Waals surface area (Å²) in [5, 5.41) is 7.88. The molecule has 2 aliphatic heterocycles. The number of nitrogens with one attached hydrogen (secondary N) is 1. The van der Waals surface area contributed by atoms with Crippen LogP contribution in [-0.4, -0.2) is 101 Å². The summed E-state index contributed by atoms with van der Waals surface area (Å²) in [5.74, 6) is 0.0342. The summed E-state index contributed by atoms with van der Waals surface area (Å²) in [6.45, 7) is 17.0. The van der Waals surface area contributed by atoms with Crippen molar-refractivity contribution >= 4 is 12.0 Å². The molecule has 4 rings (SSSR count). The molecule has 1 N–H and O–H groups in total. The van der Waals surface area contributed by atoms with Gasteiger partial charge >= 0.3 is 6.09 Å². The van der Waals surface area contributed by atoms with Gasteiger partial charge in [-0.05, 0) is 79.1 Å². The van der Waals surface area contributed by atoms with Gasteiger partial charge in [-0.2, -0.15) is 5.10 Å². The molecular weight excluding hydrogens is 492 g/mol. The Bertz CT molecular complexity index is 1140. The van der Waals surface area contributed by atoms with Crippen LogP contribution >= 0.6 is 0 Å². The molecule has 2 aromatic rings. The van der Waals surface area contributed by atoms with Crippen LogP contribution < -0.4 is 5.32 Å². The van der Waals surface area contributed by atoms with Gasteiger partial charge in [0.05, 0.1) is 23.1 Å². The first-order valence-electron chi connectivity index (χ1n) is 14.3. The minimum Gasteiger partial charge on any atom is -0.444 e. The van der Waals surface area contributed by atoms with Gasteiger partial charge in [0.1, 0.15) is 5.60 Å². The lowest BCUT2D eigenvalue weighted by Crippen LogP contribution is -2.45. The number of piperazine rings is 1. The summed E-state index contributed by atoms with van der Waals surface area (Å²) < 4.78 is 7.53. The van der Waals surface area contributed by atoms with Crippen LogP contribution in [0.4, 0.5) is 4.79 Å². The zero-order valence-corrected chi connectivity index (χ0v) is 24.6. The third kappa shape index (κ3) is 7.60. The van der Waals surface area contributed by atoms with Crippen molar-refractivity contribution in [2.75, 3.05) is 59.4 Å². The Morgan fingerprint density at radius 2 is 1.74 bits per heavy atom. The minimum atomic E-state index is -0.523. The molecule has 0 spiro atoms. The van der Waals surface area contributed by atoms with Crippen LogP contribution in [0.25, 0.3) is 5.69 Å². The van der Waals surface area contributed by atoms with Gasteiger partial charge in [0.2, 0.25) is 0 Å². The highest BCUT2D eigenvalue weighted by molar-refractivity contribution is 5.95. The van der Waals surface area contributed by atoms with Crippen molar-refractivity contribution in [3.05, 3.63) is 46.8 Å². The number of likely N-dealkylation sites (tertiary alicyclic amines) is 1. The molecule has 2 amide bonds. The summed E-state index contributed by atoms with van der Waals surface area (Å²) in [6, 6.07) is 6.30. The van der Waals surface area contributed by atoms with E-state index in [0.29, 0.717) is 25.2 Å². The second-order valence-electron chi connectivity index (χ2n) is 12.1. The van der Waals surface area contributed by atoms with E-state index in [9.17, 15) is 9.59 Å². The topological polar surface area (TPSA) is 82.9 Å². The number of aryl methyl sites for hydroxylation is 2. The highest BCUT2D eigenvalue weighted by atomic mass is 16.6. The Hall–Kier alpha value is -2.91. The maximum atomic E-state index is 13.4. The lowest BCUT2D eigenvalue weighted by atomic mass is 9.90. The summed E-state index contributed by atoms with van der Waals surface area (Å²) >= 11 is 0. The molecule has 1 aromatic heterocycles. The first kappa shape index (κ1) is 29.1. The second-order valence-corrected chi connectivity index (χ2v) is 12.1. The second kappa shape index (κ2) is 12.5. The standard InChI is InChI=1S/C30H46N6O3/c1-22-8-9-26(23(2)20-22)36-27(24-10-14-35(15-11-24)29(38)39-30(3,4)5)25(21-32-36)28(37)31-12-7-13-34-18-16-33(6)17-19-34/h8-9,20-21,24H,7,10-19H2,1-6H3,(H,31,37). The van der Waals surface area contributed by atoms with E-state index in [1.807, 2.05) is 25.5 Å². The average molecular weight is 539 g/mol. The Balaban J connectivity index is 1.47. The predicted molar refractivity (Wildman–Crippen MR) is 154 cm³/mol. The lowest BCUT2D eigenvalue weighted by Gasteiger charge is -2.34. The monoisotopic (exact) mass is 538 g/mol. The quantitative estimate of drug-likeness (QED) is 0.537. The van der Waals surface area contributed by atoms with Gasteiger partial charge in [-0.3, -0.25) is 4.79 Å². The molecular formula is C30H46N6O3. The molecule has 2 saturated heterocycles. The Morgan fingerprint density at radius 1 is 1.05 bits per heavy atom. The molecule has 0 saturated carbocycles. The van der Waals surface area contributed by atoms with E-state index in [1.165, 1.54) is 5.56 Å². The first-order valence-corrected chi connectivity index (χ1v) is 14.3. The predicted octanol–water partition coefficient (Wildman–Crippen LogP) is 3.97. The Labute approximate surface area is 233 Å². The summed E-state index contributed by atoms with van der Waals surface area (Å²) in [6.07, 6.45) is 3.86. The van der Waals surface area contributed by atoms with Gasteiger partial charge < -0.3 is 24.8 Å². The van der Waals surface area contributed by atoms with Gasteiger partial charge in [-0.1, -0.05) is 17.7 Å². The molecule has 0 atom stereocenters. The van der Waals surface area contributed by atoms with Gasteiger partial charge in [0, 0.05) is 51.7 Å². The van der Waals surface area contributed by atoms with E-state index in [0.717, 1.165) is 68.9 Å². The van der Waals surface area contributed by atoms with Crippen molar-refractivity contribution < 1.29 is 14.3 Å². The van der Waals surface area contributed by atoms with Crippen molar-refractivity contribution in [2.24, 2.45) is 0 Å². The number of hydrogen-bond acceptors (Lipinski definition) is 6. The van der Waals surface area contributed by atoms with Crippen LogP contribution in [0.1, 0.15) is 73.1 Å².